The molecule has 3 heterocycles. The second kappa shape index (κ2) is 6.17. The normalized spacial score (nSPS) is 10.6. The van der Waals surface area contributed by atoms with Gasteiger partial charge in [0.15, 0.2) is 0 Å². The fraction of sp³-hybridized carbons (Fsp3) is 0.214. The zero-order valence-electron chi connectivity index (χ0n) is 11.9. The van der Waals surface area contributed by atoms with Crippen molar-refractivity contribution in [3.8, 4) is 11.4 Å². The van der Waals surface area contributed by atoms with Crippen molar-refractivity contribution in [1.29, 1.82) is 0 Å². The summed E-state index contributed by atoms with van der Waals surface area (Å²) in [5, 5.41) is 10.6. The number of carbonyl (C=O) groups excluding carboxylic acids is 1. The van der Waals surface area contributed by atoms with E-state index in [0.29, 0.717) is 23.8 Å². The zero-order valence-corrected chi connectivity index (χ0v) is 11.9. The second-order valence-corrected chi connectivity index (χ2v) is 4.70. The Morgan fingerprint density at radius 1 is 1.36 bits per heavy atom. The van der Waals surface area contributed by atoms with Crippen molar-refractivity contribution >= 4 is 11.6 Å². The van der Waals surface area contributed by atoms with Crippen molar-refractivity contribution in [2.24, 2.45) is 7.05 Å². The molecule has 112 valence electrons. The molecule has 0 atom stereocenters. The molecule has 1 amide bonds. The molecule has 8 heteroatoms. The van der Waals surface area contributed by atoms with Crippen LogP contribution in [-0.2, 0) is 18.3 Å². The lowest BCUT2D eigenvalue weighted by atomic mass is 10.2. The third kappa shape index (κ3) is 3.35. The first kappa shape index (κ1) is 13.9. The molecule has 0 radical (unpaired) electrons. The van der Waals surface area contributed by atoms with Crippen molar-refractivity contribution < 1.29 is 9.32 Å². The van der Waals surface area contributed by atoms with E-state index in [-0.39, 0.29) is 12.3 Å². The van der Waals surface area contributed by atoms with Gasteiger partial charge in [-0.25, -0.2) is 0 Å². The molecule has 0 unspecified atom stereocenters. The second-order valence-electron chi connectivity index (χ2n) is 4.70. The van der Waals surface area contributed by atoms with Crippen LogP contribution in [0.25, 0.3) is 11.4 Å². The monoisotopic (exact) mass is 298 g/mol. The third-order valence-electron chi connectivity index (χ3n) is 2.96. The number of amides is 1. The van der Waals surface area contributed by atoms with Crippen molar-refractivity contribution in [2.45, 2.75) is 12.8 Å². The van der Waals surface area contributed by atoms with E-state index < -0.39 is 0 Å². The standard InChI is InChI=1S/C14H14N6O2/c1-20-9-11(8-16-20)17-12(21)2-3-13-18-14(19-22-13)10-4-6-15-7-5-10/h4-9H,2-3H2,1H3,(H,17,21). The number of aromatic nitrogens is 5. The van der Waals surface area contributed by atoms with E-state index in [1.54, 1.807) is 48.6 Å². The highest BCUT2D eigenvalue weighted by molar-refractivity contribution is 5.90. The number of anilines is 1. The zero-order chi connectivity index (χ0) is 15.4. The minimum atomic E-state index is -0.128. The van der Waals surface area contributed by atoms with Gasteiger partial charge in [0.25, 0.3) is 0 Å². The average molecular weight is 298 g/mol. The molecule has 8 nitrogen and oxygen atoms in total. The fourth-order valence-corrected chi connectivity index (χ4v) is 1.90. The molecule has 3 aromatic rings. The summed E-state index contributed by atoms with van der Waals surface area (Å²) in [7, 11) is 1.79. The summed E-state index contributed by atoms with van der Waals surface area (Å²) in [5.41, 5.74) is 1.49. The smallest absolute Gasteiger partial charge is 0.227 e. The minimum absolute atomic E-state index is 0.128. The molecule has 22 heavy (non-hydrogen) atoms. The van der Waals surface area contributed by atoms with Gasteiger partial charge in [-0.15, -0.1) is 0 Å². The van der Waals surface area contributed by atoms with Crippen LogP contribution in [0.4, 0.5) is 5.69 Å². The molecule has 0 bridgehead atoms. The molecule has 3 rings (SSSR count). The van der Waals surface area contributed by atoms with E-state index >= 15 is 0 Å². The van der Waals surface area contributed by atoms with Gasteiger partial charge in [0.2, 0.25) is 17.6 Å². The fourth-order valence-electron chi connectivity index (χ4n) is 1.90. The molecule has 3 aromatic heterocycles. The Labute approximate surface area is 126 Å². The van der Waals surface area contributed by atoms with Gasteiger partial charge in [0.05, 0.1) is 11.9 Å². The topological polar surface area (TPSA) is 98.7 Å². The highest BCUT2D eigenvalue weighted by Gasteiger charge is 2.11. The van der Waals surface area contributed by atoms with Crippen molar-refractivity contribution in [3.05, 3.63) is 42.8 Å². The summed E-state index contributed by atoms with van der Waals surface area (Å²) in [6.07, 6.45) is 7.27. The molecule has 0 fully saturated rings. The lowest BCUT2D eigenvalue weighted by Gasteiger charge is -1.99. The van der Waals surface area contributed by atoms with Gasteiger partial charge in [-0.3, -0.25) is 14.5 Å². The number of carbonyl (C=O) groups is 1. The molecule has 0 aliphatic carbocycles. The molecule has 0 aliphatic heterocycles. The predicted octanol–water partition coefficient (Wildman–Crippen LogP) is 1.44. The lowest BCUT2D eigenvalue weighted by Crippen LogP contribution is -2.11. The maximum absolute atomic E-state index is 11.8. The summed E-state index contributed by atoms with van der Waals surface area (Å²) in [6, 6.07) is 3.59. The van der Waals surface area contributed by atoms with Crippen molar-refractivity contribution in [1.82, 2.24) is 24.9 Å². The molecule has 0 aliphatic rings. The van der Waals surface area contributed by atoms with Gasteiger partial charge >= 0.3 is 0 Å². The van der Waals surface area contributed by atoms with E-state index in [1.165, 1.54) is 0 Å². The van der Waals surface area contributed by atoms with E-state index in [9.17, 15) is 4.79 Å². The van der Waals surface area contributed by atoms with Gasteiger partial charge in [0.1, 0.15) is 0 Å². The Kier molecular flexibility index (Phi) is 3.90. The summed E-state index contributed by atoms with van der Waals surface area (Å²) >= 11 is 0. The van der Waals surface area contributed by atoms with Crippen molar-refractivity contribution in [3.63, 3.8) is 0 Å². The predicted molar refractivity (Wildman–Crippen MR) is 77.7 cm³/mol. The van der Waals surface area contributed by atoms with Crippen molar-refractivity contribution in [2.75, 3.05) is 5.32 Å². The Morgan fingerprint density at radius 2 is 2.18 bits per heavy atom. The Morgan fingerprint density at radius 3 is 2.91 bits per heavy atom. The molecular formula is C14H14N6O2. The number of rotatable bonds is 5. The van der Waals surface area contributed by atoms with Crippen LogP contribution in [0.3, 0.4) is 0 Å². The summed E-state index contributed by atoms with van der Waals surface area (Å²) in [6.45, 7) is 0. The number of hydrogen-bond acceptors (Lipinski definition) is 6. The van der Waals surface area contributed by atoms with Gasteiger partial charge in [-0.2, -0.15) is 10.1 Å². The van der Waals surface area contributed by atoms with Crippen LogP contribution in [-0.4, -0.2) is 30.8 Å². The van der Waals surface area contributed by atoms with Gasteiger partial charge in [0, 0.05) is 44.0 Å². The number of nitrogens with zero attached hydrogens (tertiary/aromatic N) is 5. The van der Waals surface area contributed by atoms with Crippen LogP contribution in [0.5, 0.6) is 0 Å². The molecule has 0 aromatic carbocycles. The summed E-state index contributed by atoms with van der Waals surface area (Å²) < 4.78 is 6.77. The number of nitrogens with one attached hydrogen (secondary N) is 1. The molecule has 0 spiro atoms. The first-order chi connectivity index (χ1) is 10.7. The SMILES string of the molecule is Cn1cc(NC(=O)CCc2nc(-c3ccncc3)no2)cn1. The Bertz CT molecular complexity index is 765. The van der Waals surface area contributed by atoms with E-state index in [0.717, 1.165) is 5.56 Å². The van der Waals surface area contributed by atoms with Crippen LogP contribution in [0, 0.1) is 0 Å². The Balaban J connectivity index is 1.56. The van der Waals surface area contributed by atoms with Crippen LogP contribution in [0.15, 0.2) is 41.4 Å². The first-order valence-electron chi connectivity index (χ1n) is 6.72. The highest BCUT2D eigenvalue weighted by atomic mass is 16.5. The largest absolute Gasteiger partial charge is 0.339 e. The number of pyridine rings is 1. The van der Waals surface area contributed by atoms with Gasteiger partial charge < -0.3 is 9.84 Å². The maximum Gasteiger partial charge on any atom is 0.227 e. The average Bonchev–Trinajstić information content (AvgIpc) is 3.15. The number of hydrogen-bond donors (Lipinski definition) is 1. The minimum Gasteiger partial charge on any atom is -0.339 e. The van der Waals surface area contributed by atoms with Gasteiger partial charge in [-0.05, 0) is 12.1 Å². The molecule has 1 N–H and O–H groups in total. The summed E-state index contributed by atoms with van der Waals surface area (Å²) in [5.74, 6) is 0.787. The van der Waals surface area contributed by atoms with Crippen LogP contribution < -0.4 is 5.32 Å². The van der Waals surface area contributed by atoms with E-state index in [4.69, 9.17) is 4.52 Å². The quantitative estimate of drug-likeness (QED) is 0.765. The van der Waals surface area contributed by atoms with E-state index in [1.807, 2.05) is 0 Å². The first-order valence-corrected chi connectivity index (χ1v) is 6.72. The molecule has 0 saturated heterocycles. The van der Waals surface area contributed by atoms with Crippen LogP contribution in [0.1, 0.15) is 12.3 Å². The highest BCUT2D eigenvalue weighted by Crippen LogP contribution is 2.14. The summed E-state index contributed by atoms with van der Waals surface area (Å²) in [4.78, 5) is 20.0. The van der Waals surface area contributed by atoms with Crippen LogP contribution >= 0.6 is 0 Å². The maximum atomic E-state index is 11.8. The third-order valence-corrected chi connectivity index (χ3v) is 2.96. The lowest BCUT2D eigenvalue weighted by molar-refractivity contribution is -0.116. The van der Waals surface area contributed by atoms with E-state index in [2.05, 4.69) is 25.5 Å². The van der Waals surface area contributed by atoms with Crippen LogP contribution in [0.2, 0.25) is 0 Å². The molecule has 0 saturated carbocycles. The Hall–Kier alpha value is -3.03. The molecular weight excluding hydrogens is 284 g/mol. The van der Waals surface area contributed by atoms with Gasteiger partial charge in [-0.1, -0.05) is 5.16 Å². The number of aryl methyl sites for hydroxylation is 2.